The Balaban J connectivity index is 1.44. The molecular formula is C21H16F4N6O3S. The van der Waals surface area contributed by atoms with Crippen LogP contribution in [0.5, 0.6) is 0 Å². The molecule has 0 saturated carbocycles. The van der Waals surface area contributed by atoms with Gasteiger partial charge in [-0.25, -0.2) is 19.3 Å². The lowest BCUT2D eigenvalue weighted by Crippen LogP contribution is -2.30. The SMILES string of the molecule is C[C@@H](NC(=O)c1ncnc2c1CCC(=O)N2)c1ncc(C(=O)Nc2ccc(F)c(C(F)(F)F)c2)s1. The quantitative estimate of drug-likeness (QED) is 0.451. The first kappa shape index (κ1) is 24.2. The van der Waals surface area contributed by atoms with E-state index in [4.69, 9.17) is 0 Å². The monoisotopic (exact) mass is 508 g/mol. The number of hydrogen-bond acceptors (Lipinski definition) is 7. The van der Waals surface area contributed by atoms with Crippen LogP contribution < -0.4 is 16.0 Å². The smallest absolute Gasteiger partial charge is 0.342 e. The summed E-state index contributed by atoms with van der Waals surface area (Å²) in [6, 6.07) is 1.49. The highest BCUT2D eigenvalue weighted by Crippen LogP contribution is 2.33. The summed E-state index contributed by atoms with van der Waals surface area (Å²) in [6.07, 6.45) is -2.03. The van der Waals surface area contributed by atoms with E-state index in [1.807, 2.05) is 0 Å². The van der Waals surface area contributed by atoms with E-state index in [1.54, 1.807) is 6.92 Å². The summed E-state index contributed by atoms with van der Waals surface area (Å²) in [5.41, 5.74) is -1.12. The first-order chi connectivity index (χ1) is 16.5. The van der Waals surface area contributed by atoms with Crippen molar-refractivity contribution in [2.75, 3.05) is 10.6 Å². The largest absolute Gasteiger partial charge is 0.419 e. The lowest BCUT2D eigenvalue weighted by molar-refractivity contribution is -0.140. The van der Waals surface area contributed by atoms with E-state index in [9.17, 15) is 31.9 Å². The van der Waals surface area contributed by atoms with E-state index < -0.39 is 35.4 Å². The normalized spacial score (nSPS) is 14.0. The van der Waals surface area contributed by atoms with Gasteiger partial charge in [-0.1, -0.05) is 0 Å². The Hall–Kier alpha value is -3.94. The summed E-state index contributed by atoms with van der Waals surface area (Å²) in [7, 11) is 0. The first-order valence-corrected chi connectivity index (χ1v) is 10.9. The van der Waals surface area contributed by atoms with Gasteiger partial charge in [-0.3, -0.25) is 14.4 Å². The third-order valence-corrected chi connectivity index (χ3v) is 6.19. The van der Waals surface area contributed by atoms with Crippen molar-refractivity contribution in [2.24, 2.45) is 0 Å². The van der Waals surface area contributed by atoms with Crippen molar-refractivity contribution >= 4 is 40.6 Å². The summed E-state index contributed by atoms with van der Waals surface area (Å²) in [6.45, 7) is 1.63. The minimum Gasteiger partial charge on any atom is -0.342 e. The summed E-state index contributed by atoms with van der Waals surface area (Å²) in [4.78, 5) is 48.9. The summed E-state index contributed by atoms with van der Waals surface area (Å²) in [5, 5.41) is 7.93. The molecule has 3 heterocycles. The van der Waals surface area contributed by atoms with Gasteiger partial charge in [0.2, 0.25) is 5.91 Å². The Bertz CT molecular complexity index is 1330. The summed E-state index contributed by atoms with van der Waals surface area (Å²) >= 11 is 0.924. The van der Waals surface area contributed by atoms with E-state index in [0.717, 1.165) is 23.7 Å². The number of halogens is 4. The van der Waals surface area contributed by atoms with Crippen molar-refractivity contribution in [1.82, 2.24) is 20.3 Å². The van der Waals surface area contributed by atoms with Crippen LogP contribution in [0, 0.1) is 5.82 Å². The van der Waals surface area contributed by atoms with E-state index in [0.29, 0.717) is 29.1 Å². The van der Waals surface area contributed by atoms with Gasteiger partial charge in [0.25, 0.3) is 11.8 Å². The highest BCUT2D eigenvalue weighted by Gasteiger charge is 2.34. The van der Waals surface area contributed by atoms with Crippen molar-refractivity contribution < 1.29 is 31.9 Å². The van der Waals surface area contributed by atoms with Gasteiger partial charge in [0.05, 0.1) is 17.8 Å². The number of carbonyl (C=O) groups is 3. The molecule has 3 amide bonds. The summed E-state index contributed by atoms with van der Waals surface area (Å²) in [5.74, 6) is -2.66. The van der Waals surface area contributed by atoms with Crippen LogP contribution in [0.3, 0.4) is 0 Å². The third kappa shape index (κ3) is 5.26. The van der Waals surface area contributed by atoms with Crippen LogP contribution in [0.2, 0.25) is 0 Å². The molecule has 35 heavy (non-hydrogen) atoms. The Kier molecular flexibility index (Phi) is 6.47. The number of aromatic nitrogens is 3. The number of nitrogens with zero attached hydrogens (tertiary/aromatic N) is 3. The molecule has 2 aromatic heterocycles. The number of thiazole rings is 1. The molecule has 1 atom stereocenters. The Morgan fingerprint density at radius 2 is 1.91 bits per heavy atom. The zero-order chi connectivity index (χ0) is 25.3. The number of rotatable bonds is 5. The molecule has 0 spiro atoms. The number of benzene rings is 1. The molecule has 4 rings (SSSR count). The molecule has 1 aromatic carbocycles. The molecule has 1 aliphatic rings. The molecular weight excluding hydrogens is 492 g/mol. The topological polar surface area (TPSA) is 126 Å². The molecule has 0 fully saturated rings. The molecule has 3 N–H and O–H groups in total. The van der Waals surface area contributed by atoms with E-state index >= 15 is 0 Å². The van der Waals surface area contributed by atoms with Crippen LogP contribution in [0.1, 0.15) is 55.7 Å². The second kappa shape index (κ2) is 9.37. The molecule has 0 saturated heterocycles. The Morgan fingerprint density at radius 1 is 1.14 bits per heavy atom. The van der Waals surface area contributed by atoms with Crippen LogP contribution in [-0.4, -0.2) is 32.7 Å². The summed E-state index contributed by atoms with van der Waals surface area (Å²) < 4.78 is 52.1. The van der Waals surface area contributed by atoms with Gasteiger partial charge in [-0.2, -0.15) is 13.2 Å². The van der Waals surface area contributed by atoms with Gasteiger partial charge in [0, 0.05) is 17.7 Å². The number of alkyl halides is 3. The Morgan fingerprint density at radius 3 is 2.66 bits per heavy atom. The van der Waals surface area contributed by atoms with Crippen molar-refractivity contribution in [1.29, 1.82) is 0 Å². The van der Waals surface area contributed by atoms with E-state index in [1.165, 1.54) is 6.20 Å². The van der Waals surface area contributed by atoms with Gasteiger partial charge >= 0.3 is 6.18 Å². The van der Waals surface area contributed by atoms with Crippen LogP contribution in [0.4, 0.5) is 29.1 Å². The van der Waals surface area contributed by atoms with E-state index in [-0.39, 0.29) is 34.4 Å². The maximum atomic E-state index is 13.5. The molecule has 14 heteroatoms. The van der Waals surface area contributed by atoms with Crippen LogP contribution in [-0.2, 0) is 17.4 Å². The Labute approximate surface area is 199 Å². The fourth-order valence-electron chi connectivity index (χ4n) is 3.32. The molecule has 0 radical (unpaired) electrons. The van der Waals surface area contributed by atoms with Crippen molar-refractivity contribution in [2.45, 2.75) is 32.0 Å². The van der Waals surface area contributed by atoms with Crippen LogP contribution in [0.25, 0.3) is 0 Å². The van der Waals surface area contributed by atoms with Gasteiger partial charge in [-0.15, -0.1) is 11.3 Å². The van der Waals surface area contributed by atoms with Crippen molar-refractivity contribution in [3.8, 4) is 0 Å². The van der Waals surface area contributed by atoms with Gasteiger partial charge < -0.3 is 16.0 Å². The van der Waals surface area contributed by atoms with Gasteiger partial charge in [0.1, 0.15) is 33.5 Å². The molecule has 1 aliphatic heterocycles. The average molecular weight is 508 g/mol. The zero-order valence-corrected chi connectivity index (χ0v) is 18.7. The minimum atomic E-state index is -4.91. The molecule has 9 nitrogen and oxygen atoms in total. The lowest BCUT2D eigenvalue weighted by atomic mass is 10.0. The maximum Gasteiger partial charge on any atom is 0.419 e. The van der Waals surface area contributed by atoms with Crippen LogP contribution in [0.15, 0.2) is 30.7 Å². The van der Waals surface area contributed by atoms with Gasteiger partial charge in [-0.05, 0) is 31.5 Å². The third-order valence-electron chi connectivity index (χ3n) is 5.02. The second-order valence-electron chi connectivity index (χ2n) is 7.50. The fraction of sp³-hybridized carbons (Fsp3) is 0.238. The second-order valence-corrected chi connectivity index (χ2v) is 8.56. The van der Waals surface area contributed by atoms with Crippen molar-refractivity contribution in [3.63, 3.8) is 0 Å². The van der Waals surface area contributed by atoms with Crippen LogP contribution >= 0.6 is 11.3 Å². The number of fused-ring (bicyclic) bond motifs is 1. The number of amides is 3. The number of carbonyl (C=O) groups excluding carboxylic acids is 3. The number of hydrogen-bond donors (Lipinski definition) is 3. The van der Waals surface area contributed by atoms with Gasteiger partial charge in [0.15, 0.2) is 0 Å². The van der Waals surface area contributed by atoms with Crippen molar-refractivity contribution in [3.05, 3.63) is 63.2 Å². The molecule has 0 unspecified atom stereocenters. The fourth-order valence-corrected chi connectivity index (χ4v) is 4.13. The highest BCUT2D eigenvalue weighted by atomic mass is 32.1. The number of nitrogens with one attached hydrogen (secondary N) is 3. The number of anilines is 2. The highest BCUT2D eigenvalue weighted by molar-refractivity contribution is 7.13. The maximum absolute atomic E-state index is 13.5. The standard InChI is InChI=1S/C21H16F4N6O3S/c1-9(29-19(34)16-11-3-5-15(32)31-17(11)28-8-27-16)20-26-7-14(35-20)18(33)30-10-2-4-13(22)12(6-10)21(23,24)25/h2,4,6-9H,3,5H2,1H3,(H,29,34)(H,30,33)(H,27,28,31,32)/t9-/m1/s1. The molecule has 182 valence electrons. The first-order valence-electron chi connectivity index (χ1n) is 10.1. The van der Waals surface area contributed by atoms with E-state index in [2.05, 4.69) is 30.9 Å². The predicted molar refractivity (Wildman–Crippen MR) is 116 cm³/mol. The minimum absolute atomic E-state index is 0.0705. The molecule has 3 aromatic rings. The predicted octanol–water partition coefficient (Wildman–Crippen LogP) is 3.72. The molecule has 0 aliphatic carbocycles. The lowest BCUT2D eigenvalue weighted by Gasteiger charge is -2.18. The average Bonchev–Trinajstić information content (AvgIpc) is 3.29. The zero-order valence-electron chi connectivity index (χ0n) is 17.9. The molecule has 0 bridgehead atoms.